The van der Waals surface area contributed by atoms with Gasteiger partial charge in [-0.2, -0.15) is 5.10 Å². The predicted molar refractivity (Wildman–Crippen MR) is 93.5 cm³/mol. The first kappa shape index (κ1) is 15.6. The summed E-state index contributed by atoms with van der Waals surface area (Å²) in [4.78, 5) is 14.7. The lowest BCUT2D eigenvalue weighted by Crippen LogP contribution is -1.91. The second-order valence-electron chi connectivity index (χ2n) is 4.77. The molecule has 3 aromatic rings. The van der Waals surface area contributed by atoms with Gasteiger partial charge in [0.15, 0.2) is 0 Å². The Bertz CT molecular complexity index is 908. The largest absolute Gasteiger partial charge is 0.507 e. The molecule has 120 valence electrons. The van der Waals surface area contributed by atoms with Crippen LogP contribution in [-0.4, -0.2) is 21.2 Å². The van der Waals surface area contributed by atoms with E-state index in [4.69, 9.17) is 0 Å². The molecule has 0 spiro atoms. The minimum atomic E-state index is -0.439. The topological polar surface area (TPSA) is 101 Å². The molecule has 1 heterocycles. The van der Waals surface area contributed by atoms with Gasteiger partial charge in [-0.15, -0.1) is 11.3 Å². The van der Waals surface area contributed by atoms with E-state index in [2.05, 4.69) is 15.5 Å². The molecule has 0 saturated carbocycles. The molecule has 0 radical (unpaired) electrons. The number of nitrogens with zero attached hydrogens (tertiary/aromatic N) is 3. The molecule has 1 aromatic heterocycles. The fraction of sp³-hybridized carbons (Fsp3) is 0. The standard InChI is InChI=1S/C16H12N4O3S/c21-15-7-2-1-4-12(15)9-17-19-16-18-14(10-24-16)11-5-3-6-13(8-11)20(22)23/h1-10,21H,(H,18,19)/b17-9-. The van der Waals surface area contributed by atoms with Gasteiger partial charge in [-0.3, -0.25) is 15.5 Å². The van der Waals surface area contributed by atoms with E-state index in [1.54, 1.807) is 41.8 Å². The number of aromatic nitrogens is 1. The van der Waals surface area contributed by atoms with Gasteiger partial charge >= 0.3 is 0 Å². The van der Waals surface area contributed by atoms with E-state index in [0.29, 0.717) is 22.0 Å². The van der Waals surface area contributed by atoms with Crippen molar-refractivity contribution in [1.82, 2.24) is 4.98 Å². The Morgan fingerprint density at radius 3 is 2.88 bits per heavy atom. The van der Waals surface area contributed by atoms with Gasteiger partial charge < -0.3 is 5.11 Å². The van der Waals surface area contributed by atoms with Crippen molar-refractivity contribution in [1.29, 1.82) is 0 Å². The number of thiazole rings is 1. The van der Waals surface area contributed by atoms with Crippen LogP contribution in [-0.2, 0) is 0 Å². The maximum absolute atomic E-state index is 10.8. The summed E-state index contributed by atoms with van der Waals surface area (Å²) in [5.41, 5.74) is 4.68. The Morgan fingerprint density at radius 2 is 2.08 bits per heavy atom. The molecule has 0 bridgehead atoms. The van der Waals surface area contributed by atoms with Crippen molar-refractivity contribution in [3.8, 4) is 17.0 Å². The first-order valence-electron chi connectivity index (χ1n) is 6.91. The molecule has 0 atom stereocenters. The van der Waals surface area contributed by atoms with Crippen molar-refractivity contribution in [3.05, 3.63) is 69.6 Å². The van der Waals surface area contributed by atoms with E-state index in [1.165, 1.54) is 29.7 Å². The first-order chi connectivity index (χ1) is 11.6. The van der Waals surface area contributed by atoms with Crippen molar-refractivity contribution in [3.63, 3.8) is 0 Å². The van der Waals surface area contributed by atoms with Crippen molar-refractivity contribution >= 4 is 28.4 Å². The highest BCUT2D eigenvalue weighted by atomic mass is 32.1. The zero-order chi connectivity index (χ0) is 16.9. The Kier molecular flexibility index (Phi) is 4.48. The summed E-state index contributed by atoms with van der Waals surface area (Å²) >= 11 is 1.33. The number of nitro groups is 1. The van der Waals surface area contributed by atoms with Crippen molar-refractivity contribution in [2.75, 3.05) is 5.43 Å². The molecule has 0 fully saturated rings. The number of anilines is 1. The summed E-state index contributed by atoms with van der Waals surface area (Å²) in [5.74, 6) is 0.138. The fourth-order valence-corrected chi connectivity index (χ4v) is 2.66. The molecular formula is C16H12N4O3S. The van der Waals surface area contributed by atoms with E-state index >= 15 is 0 Å². The van der Waals surface area contributed by atoms with Crippen LogP contribution in [0.25, 0.3) is 11.3 Å². The highest BCUT2D eigenvalue weighted by Gasteiger charge is 2.09. The Labute approximate surface area is 141 Å². The maximum atomic E-state index is 10.8. The number of benzene rings is 2. The number of rotatable bonds is 5. The van der Waals surface area contributed by atoms with Gasteiger partial charge in [0, 0.05) is 28.6 Å². The number of hydrazone groups is 1. The molecule has 8 heteroatoms. The van der Waals surface area contributed by atoms with Crippen molar-refractivity contribution in [2.24, 2.45) is 5.10 Å². The summed E-state index contributed by atoms with van der Waals surface area (Å²) in [5, 5.41) is 26.8. The molecule has 0 saturated heterocycles. The first-order valence-corrected chi connectivity index (χ1v) is 7.79. The summed E-state index contributed by atoms with van der Waals surface area (Å²) in [6.45, 7) is 0. The van der Waals surface area contributed by atoms with Gasteiger partial charge in [-0.25, -0.2) is 4.98 Å². The second-order valence-corrected chi connectivity index (χ2v) is 5.63. The Morgan fingerprint density at radius 1 is 1.25 bits per heavy atom. The molecular weight excluding hydrogens is 328 g/mol. The number of non-ortho nitro benzene ring substituents is 1. The summed E-state index contributed by atoms with van der Waals surface area (Å²) in [6.07, 6.45) is 1.49. The minimum Gasteiger partial charge on any atom is -0.507 e. The van der Waals surface area contributed by atoms with E-state index in [9.17, 15) is 15.2 Å². The molecule has 7 nitrogen and oxygen atoms in total. The van der Waals surface area contributed by atoms with Crippen LogP contribution in [0.5, 0.6) is 5.75 Å². The van der Waals surface area contributed by atoms with Gasteiger partial charge in [-0.05, 0) is 12.1 Å². The van der Waals surface area contributed by atoms with Gasteiger partial charge in [0.1, 0.15) is 5.75 Å². The molecule has 2 N–H and O–H groups in total. The maximum Gasteiger partial charge on any atom is 0.270 e. The second kappa shape index (κ2) is 6.88. The van der Waals surface area contributed by atoms with Crippen LogP contribution < -0.4 is 5.43 Å². The van der Waals surface area contributed by atoms with Crippen molar-refractivity contribution < 1.29 is 10.0 Å². The molecule has 3 rings (SSSR count). The number of para-hydroxylation sites is 1. The molecule has 24 heavy (non-hydrogen) atoms. The van der Waals surface area contributed by atoms with Crippen LogP contribution in [0, 0.1) is 10.1 Å². The van der Waals surface area contributed by atoms with Gasteiger partial charge in [0.25, 0.3) is 5.69 Å². The molecule has 0 aliphatic heterocycles. The summed E-state index contributed by atoms with van der Waals surface area (Å²) in [7, 11) is 0. The lowest BCUT2D eigenvalue weighted by Gasteiger charge is -1.98. The Hall–Kier alpha value is -3.26. The van der Waals surface area contributed by atoms with Crippen molar-refractivity contribution in [2.45, 2.75) is 0 Å². The number of hydrogen-bond donors (Lipinski definition) is 2. The fourth-order valence-electron chi connectivity index (χ4n) is 1.99. The zero-order valence-corrected chi connectivity index (χ0v) is 13.1. The summed E-state index contributed by atoms with van der Waals surface area (Å²) < 4.78 is 0. The smallest absolute Gasteiger partial charge is 0.270 e. The molecule has 0 unspecified atom stereocenters. The average molecular weight is 340 g/mol. The number of phenolic OH excluding ortho intramolecular Hbond substituents is 1. The van der Waals surface area contributed by atoms with Crippen LogP contribution in [0.15, 0.2) is 59.0 Å². The molecule has 0 amide bonds. The lowest BCUT2D eigenvalue weighted by atomic mass is 10.1. The SMILES string of the molecule is O=[N+]([O-])c1cccc(-c2csc(N/N=C\c3ccccc3O)n2)c1. The summed E-state index contributed by atoms with van der Waals surface area (Å²) in [6, 6.07) is 13.1. The average Bonchev–Trinajstić information content (AvgIpc) is 3.06. The number of aromatic hydroxyl groups is 1. The van der Waals surface area contributed by atoms with Gasteiger partial charge in [-0.1, -0.05) is 24.3 Å². The van der Waals surface area contributed by atoms with Gasteiger partial charge in [0.05, 0.1) is 16.8 Å². The third-order valence-corrected chi connectivity index (χ3v) is 3.90. The van der Waals surface area contributed by atoms with E-state index in [-0.39, 0.29) is 11.4 Å². The van der Waals surface area contributed by atoms with Crippen LogP contribution in [0.3, 0.4) is 0 Å². The lowest BCUT2D eigenvalue weighted by molar-refractivity contribution is -0.384. The number of hydrogen-bond acceptors (Lipinski definition) is 7. The minimum absolute atomic E-state index is 0.0209. The normalized spacial score (nSPS) is 10.8. The number of nitro benzene ring substituents is 1. The third kappa shape index (κ3) is 3.55. The third-order valence-electron chi connectivity index (χ3n) is 3.16. The highest BCUT2D eigenvalue weighted by Crippen LogP contribution is 2.27. The zero-order valence-electron chi connectivity index (χ0n) is 12.3. The van der Waals surface area contributed by atoms with Gasteiger partial charge in [0.2, 0.25) is 5.13 Å². The van der Waals surface area contributed by atoms with Crippen LogP contribution >= 0.6 is 11.3 Å². The van der Waals surface area contributed by atoms with E-state index in [1.807, 2.05) is 0 Å². The highest BCUT2D eigenvalue weighted by molar-refractivity contribution is 7.14. The quantitative estimate of drug-likeness (QED) is 0.417. The predicted octanol–water partition coefficient (Wildman–Crippen LogP) is 3.87. The number of phenols is 1. The molecule has 0 aliphatic carbocycles. The monoisotopic (exact) mass is 340 g/mol. The van der Waals surface area contributed by atoms with Crippen LogP contribution in [0.4, 0.5) is 10.8 Å². The molecule has 0 aliphatic rings. The van der Waals surface area contributed by atoms with Crippen LogP contribution in [0.1, 0.15) is 5.56 Å². The Balaban J connectivity index is 1.73. The van der Waals surface area contributed by atoms with Crippen LogP contribution in [0.2, 0.25) is 0 Å². The number of nitrogens with one attached hydrogen (secondary N) is 1. The van der Waals surface area contributed by atoms with E-state index < -0.39 is 4.92 Å². The van der Waals surface area contributed by atoms with E-state index in [0.717, 1.165) is 0 Å². The molecule has 2 aromatic carbocycles.